The Bertz CT molecular complexity index is 265. The fraction of sp³-hybridized carbons (Fsp3) is 0.375. The summed E-state index contributed by atoms with van der Waals surface area (Å²) in [5, 5.41) is 0. The number of nitrogens with one attached hydrogen (secondary N) is 1. The molecule has 0 spiro atoms. The van der Waals surface area contributed by atoms with Gasteiger partial charge in [-0.3, -0.25) is 4.79 Å². The lowest BCUT2D eigenvalue weighted by Crippen LogP contribution is -2.08. The SMILES string of the molecule is CC.Cc1cc(N)c[nH]c1=O. The molecular formula is C8H14N2O. The number of nitrogen functional groups attached to an aromatic ring is 1. The topological polar surface area (TPSA) is 58.9 Å². The Kier molecular flexibility index (Phi) is 4.03. The molecular weight excluding hydrogens is 140 g/mol. The van der Waals surface area contributed by atoms with Crippen molar-refractivity contribution >= 4 is 5.69 Å². The second kappa shape index (κ2) is 4.55. The zero-order valence-corrected chi connectivity index (χ0v) is 7.14. The molecule has 62 valence electrons. The summed E-state index contributed by atoms with van der Waals surface area (Å²) in [4.78, 5) is 13.1. The van der Waals surface area contributed by atoms with Gasteiger partial charge in [0.15, 0.2) is 0 Å². The number of hydrogen-bond acceptors (Lipinski definition) is 2. The number of aryl methyl sites for hydroxylation is 1. The minimum atomic E-state index is -0.0794. The van der Waals surface area contributed by atoms with Gasteiger partial charge in [-0.05, 0) is 13.0 Å². The van der Waals surface area contributed by atoms with Crippen molar-refractivity contribution in [2.45, 2.75) is 20.8 Å². The van der Waals surface area contributed by atoms with Gasteiger partial charge < -0.3 is 10.7 Å². The van der Waals surface area contributed by atoms with Gasteiger partial charge in [-0.1, -0.05) is 13.8 Å². The van der Waals surface area contributed by atoms with E-state index < -0.39 is 0 Å². The van der Waals surface area contributed by atoms with Gasteiger partial charge in [0.25, 0.3) is 5.56 Å². The second-order valence-electron chi connectivity index (χ2n) is 1.95. The highest BCUT2D eigenvalue weighted by atomic mass is 16.1. The fourth-order valence-corrected chi connectivity index (χ4v) is 0.620. The van der Waals surface area contributed by atoms with Crippen LogP contribution in [-0.2, 0) is 0 Å². The van der Waals surface area contributed by atoms with E-state index in [2.05, 4.69) is 4.98 Å². The summed E-state index contributed by atoms with van der Waals surface area (Å²) in [6.45, 7) is 5.72. The van der Waals surface area contributed by atoms with Crippen LogP contribution >= 0.6 is 0 Å². The Balaban J connectivity index is 0.000000461. The van der Waals surface area contributed by atoms with Gasteiger partial charge in [-0.2, -0.15) is 0 Å². The average Bonchev–Trinajstić information content (AvgIpc) is 2.02. The minimum absolute atomic E-state index is 0.0794. The van der Waals surface area contributed by atoms with Gasteiger partial charge in [-0.25, -0.2) is 0 Å². The zero-order chi connectivity index (χ0) is 8.85. The van der Waals surface area contributed by atoms with Gasteiger partial charge in [0, 0.05) is 17.4 Å². The monoisotopic (exact) mass is 154 g/mol. The van der Waals surface area contributed by atoms with Crippen molar-refractivity contribution in [3.05, 3.63) is 28.2 Å². The largest absolute Gasteiger partial charge is 0.398 e. The molecule has 3 nitrogen and oxygen atoms in total. The molecule has 1 heterocycles. The van der Waals surface area contributed by atoms with Gasteiger partial charge >= 0.3 is 0 Å². The molecule has 11 heavy (non-hydrogen) atoms. The van der Waals surface area contributed by atoms with Crippen molar-refractivity contribution in [3.8, 4) is 0 Å². The molecule has 0 bridgehead atoms. The third-order valence-electron chi connectivity index (χ3n) is 1.11. The molecule has 0 aliphatic carbocycles. The number of rotatable bonds is 0. The summed E-state index contributed by atoms with van der Waals surface area (Å²) in [5.74, 6) is 0. The maximum absolute atomic E-state index is 10.7. The number of aromatic nitrogens is 1. The van der Waals surface area contributed by atoms with Crippen molar-refractivity contribution in [3.63, 3.8) is 0 Å². The summed E-state index contributed by atoms with van der Waals surface area (Å²) in [6.07, 6.45) is 1.48. The molecule has 0 saturated heterocycles. The number of nitrogens with two attached hydrogens (primary N) is 1. The maximum Gasteiger partial charge on any atom is 0.250 e. The Hall–Kier alpha value is -1.25. The van der Waals surface area contributed by atoms with Crippen LogP contribution in [0.1, 0.15) is 19.4 Å². The van der Waals surface area contributed by atoms with Crippen molar-refractivity contribution in [2.75, 3.05) is 5.73 Å². The molecule has 0 unspecified atom stereocenters. The fourth-order valence-electron chi connectivity index (χ4n) is 0.620. The van der Waals surface area contributed by atoms with Crippen molar-refractivity contribution in [1.82, 2.24) is 4.98 Å². The first-order chi connectivity index (χ1) is 5.20. The first kappa shape index (κ1) is 9.75. The molecule has 0 aliphatic heterocycles. The Morgan fingerprint density at radius 3 is 2.36 bits per heavy atom. The number of anilines is 1. The van der Waals surface area contributed by atoms with E-state index in [9.17, 15) is 4.79 Å². The van der Waals surface area contributed by atoms with Gasteiger partial charge in [-0.15, -0.1) is 0 Å². The van der Waals surface area contributed by atoms with Gasteiger partial charge in [0.1, 0.15) is 0 Å². The summed E-state index contributed by atoms with van der Waals surface area (Å²) < 4.78 is 0. The van der Waals surface area contributed by atoms with E-state index in [0.29, 0.717) is 11.3 Å². The Morgan fingerprint density at radius 1 is 1.45 bits per heavy atom. The predicted molar refractivity (Wildman–Crippen MR) is 47.6 cm³/mol. The molecule has 0 saturated carbocycles. The molecule has 3 N–H and O–H groups in total. The number of pyridine rings is 1. The molecule has 1 rings (SSSR count). The highest BCUT2D eigenvalue weighted by molar-refractivity contribution is 5.36. The smallest absolute Gasteiger partial charge is 0.250 e. The average molecular weight is 154 g/mol. The summed E-state index contributed by atoms with van der Waals surface area (Å²) in [6, 6.07) is 1.64. The first-order valence-electron chi connectivity index (χ1n) is 3.65. The van der Waals surface area contributed by atoms with E-state index in [4.69, 9.17) is 5.73 Å². The van der Waals surface area contributed by atoms with Crippen LogP contribution in [0.15, 0.2) is 17.1 Å². The molecule has 3 heteroatoms. The van der Waals surface area contributed by atoms with E-state index in [-0.39, 0.29) is 5.56 Å². The molecule has 0 aliphatic rings. The van der Waals surface area contributed by atoms with E-state index in [1.165, 1.54) is 6.20 Å². The highest BCUT2D eigenvalue weighted by Crippen LogP contribution is 1.95. The quantitative estimate of drug-likeness (QED) is 0.591. The van der Waals surface area contributed by atoms with Crippen molar-refractivity contribution in [1.29, 1.82) is 0 Å². The number of aromatic amines is 1. The van der Waals surface area contributed by atoms with Gasteiger partial charge in [0.05, 0.1) is 0 Å². The normalized spacial score (nSPS) is 8.27. The van der Waals surface area contributed by atoms with Crippen LogP contribution in [0.4, 0.5) is 5.69 Å². The Labute approximate surface area is 66.3 Å². The molecule has 0 aromatic carbocycles. The minimum Gasteiger partial charge on any atom is -0.398 e. The zero-order valence-electron chi connectivity index (χ0n) is 7.14. The van der Waals surface area contributed by atoms with Crippen LogP contribution in [0.2, 0.25) is 0 Å². The first-order valence-corrected chi connectivity index (χ1v) is 3.65. The number of H-pyrrole nitrogens is 1. The van der Waals surface area contributed by atoms with Crippen LogP contribution in [0, 0.1) is 6.92 Å². The van der Waals surface area contributed by atoms with E-state index in [0.717, 1.165) is 0 Å². The maximum atomic E-state index is 10.7. The molecule has 0 amide bonds. The number of hydrogen-bond donors (Lipinski definition) is 2. The van der Waals surface area contributed by atoms with Crippen LogP contribution in [0.25, 0.3) is 0 Å². The lowest BCUT2D eigenvalue weighted by molar-refractivity contribution is 1.19. The lowest BCUT2D eigenvalue weighted by Gasteiger charge is -1.91. The van der Waals surface area contributed by atoms with E-state index >= 15 is 0 Å². The van der Waals surface area contributed by atoms with E-state index in [1.807, 2.05) is 13.8 Å². The summed E-state index contributed by atoms with van der Waals surface area (Å²) >= 11 is 0. The third kappa shape index (κ3) is 2.89. The summed E-state index contributed by atoms with van der Waals surface area (Å²) in [7, 11) is 0. The van der Waals surface area contributed by atoms with Crippen molar-refractivity contribution < 1.29 is 0 Å². The standard InChI is InChI=1S/C6H8N2O.C2H6/c1-4-2-5(7)3-8-6(4)9;1-2/h2-3H,7H2,1H3,(H,8,9);1-2H3. The van der Waals surface area contributed by atoms with E-state index in [1.54, 1.807) is 13.0 Å². The molecule has 0 fully saturated rings. The molecule has 1 aromatic rings. The molecule has 0 atom stereocenters. The van der Waals surface area contributed by atoms with Crippen LogP contribution in [0.3, 0.4) is 0 Å². The van der Waals surface area contributed by atoms with Crippen LogP contribution < -0.4 is 11.3 Å². The van der Waals surface area contributed by atoms with Crippen molar-refractivity contribution in [2.24, 2.45) is 0 Å². The Morgan fingerprint density at radius 2 is 2.00 bits per heavy atom. The van der Waals surface area contributed by atoms with Crippen LogP contribution in [0.5, 0.6) is 0 Å². The highest BCUT2D eigenvalue weighted by Gasteiger charge is 1.89. The second-order valence-corrected chi connectivity index (χ2v) is 1.95. The van der Waals surface area contributed by atoms with Gasteiger partial charge in [0.2, 0.25) is 0 Å². The molecule has 1 aromatic heterocycles. The summed E-state index contributed by atoms with van der Waals surface area (Å²) in [5.41, 5.74) is 6.52. The lowest BCUT2D eigenvalue weighted by atomic mass is 10.3. The molecule has 0 radical (unpaired) electrons. The van der Waals surface area contributed by atoms with Crippen LogP contribution in [-0.4, -0.2) is 4.98 Å². The predicted octanol–water partition coefficient (Wildman–Crippen LogP) is 1.29. The third-order valence-corrected chi connectivity index (χ3v) is 1.11.